The predicted octanol–water partition coefficient (Wildman–Crippen LogP) is 22.0. The van der Waals surface area contributed by atoms with Crippen molar-refractivity contribution in [2.24, 2.45) is 60.6 Å². The molecular weight excluding hydrogens is 1230 g/mol. The molecule has 0 amide bonds. The number of carbonyl (C=O) groups is 7. The Balaban J connectivity index is 0.000000247. The van der Waals surface area contributed by atoms with Crippen molar-refractivity contribution in [3.8, 4) is 0 Å². The van der Waals surface area contributed by atoms with Crippen molar-refractivity contribution in [1.82, 2.24) is 25.1 Å². The maximum absolute atomic E-state index is 12.1. The average molecular weight is 1370 g/mol. The fourth-order valence-electron chi connectivity index (χ4n) is 13.4. The van der Waals surface area contributed by atoms with E-state index in [1.807, 2.05) is 24.4 Å². The molecule has 0 aliphatic heterocycles. The fourth-order valence-corrected chi connectivity index (χ4v) is 13.4. The van der Waals surface area contributed by atoms with Crippen molar-refractivity contribution in [2.45, 2.75) is 375 Å². The maximum atomic E-state index is 12.1. The Morgan fingerprint density at radius 2 is 0.737 bits per heavy atom. The molecule has 0 atom stereocenters. The number of rotatable bonds is 25. The van der Waals surface area contributed by atoms with Gasteiger partial charge in [0.05, 0.1) is 0 Å². The van der Waals surface area contributed by atoms with Crippen LogP contribution >= 0.6 is 0 Å². The van der Waals surface area contributed by atoms with Gasteiger partial charge in [0.1, 0.15) is 46.3 Å². The lowest BCUT2D eigenvalue weighted by atomic mass is 9.66. The molecule has 0 saturated heterocycles. The number of ketones is 7. The highest BCUT2D eigenvalue weighted by molar-refractivity contribution is 5.83. The third-order valence-electron chi connectivity index (χ3n) is 19.5. The van der Waals surface area contributed by atoms with Crippen molar-refractivity contribution in [3.63, 3.8) is 0 Å². The lowest BCUT2D eigenvalue weighted by molar-refractivity contribution is -0.124. The minimum Gasteiger partial charge on any atom is -0.343 e. The Hall–Kier alpha value is -4.94. The van der Waals surface area contributed by atoms with Crippen LogP contribution in [0.4, 0.5) is 0 Å². The summed E-state index contributed by atoms with van der Waals surface area (Å²) in [5.74, 6) is 6.02. The molecule has 0 radical (unpaired) electrons. The molecule has 7 fully saturated rings. The summed E-state index contributed by atoms with van der Waals surface area (Å²) in [4.78, 5) is 99.1. The van der Waals surface area contributed by atoms with Crippen LogP contribution in [0.1, 0.15) is 376 Å². The first-order valence-electron chi connectivity index (χ1n) is 38.4. The quantitative estimate of drug-likeness (QED) is 0.0777. The van der Waals surface area contributed by atoms with Crippen LogP contribution < -0.4 is 0 Å². The van der Waals surface area contributed by atoms with Gasteiger partial charge in [0, 0.05) is 130 Å². The van der Waals surface area contributed by atoms with E-state index in [4.69, 9.17) is 4.52 Å². The Morgan fingerprint density at radius 1 is 0.374 bits per heavy atom. The van der Waals surface area contributed by atoms with E-state index in [0.717, 1.165) is 120 Å². The highest BCUT2D eigenvalue weighted by atomic mass is 16.5. The number of carbonyl (C=O) groups excluding carboxylic acids is 7. The number of hydrogen-bond acceptors (Lipinski definition) is 13. The van der Waals surface area contributed by atoms with Crippen LogP contribution in [-0.4, -0.2) is 65.6 Å². The van der Waals surface area contributed by atoms with Crippen molar-refractivity contribution in [1.29, 1.82) is 0 Å². The van der Waals surface area contributed by atoms with Gasteiger partial charge >= 0.3 is 0 Å². The van der Waals surface area contributed by atoms with Crippen LogP contribution in [0.5, 0.6) is 0 Å². The average Bonchev–Trinajstić information content (AvgIpc) is 1.64. The van der Waals surface area contributed by atoms with Gasteiger partial charge in [-0.3, -0.25) is 38.5 Å². The van der Waals surface area contributed by atoms with Crippen molar-refractivity contribution in [2.75, 3.05) is 0 Å². The van der Waals surface area contributed by atoms with Crippen LogP contribution in [-0.2, 0) is 49.8 Å². The van der Waals surface area contributed by atoms with Crippen LogP contribution in [0.2, 0.25) is 0 Å². The summed E-state index contributed by atoms with van der Waals surface area (Å²) in [5.41, 5.74) is 2.71. The maximum Gasteiger partial charge on any atom is 0.213 e. The molecule has 7 aliphatic rings. The van der Waals surface area contributed by atoms with Gasteiger partial charge in [0.2, 0.25) is 6.39 Å². The molecule has 0 N–H and O–H groups in total. The van der Waals surface area contributed by atoms with E-state index in [-0.39, 0.29) is 54.1 Å². The molecule has 0 bridgehead atoms. The molecule has 0 aromatic carbocycles. The van der Waals surface area contributed by atoms with Crippen LogP contribution in [0.3, 0.4) is 0 Å². The van der Waals surface area contributed by atoms with Gasteiger partial charge in [-0.15, -0.1) is 0 Å². The lowest BCUT2D eigenvalue weighted by Gasteiger charge is -2.38. The summed E-state index contributed by atoms with van der Waals surface area (Å²) in [6.07, 6.45) is 37.2. The van der Waals surface area contributed by atoms with Gasteiger partial charge in [0.25, 0.3) is 0 Å². The normalized spacial score (nSPS) is 18.8. The van der Waals surface area contributed by atoms with E-state index in [1.165, 1.54) is 70.6 Å². The van der Waals surface area contributed by atoms with Gasteiger partial charge in [-0.25, -0.2) is 9.97 Å². The Kier molecular flexibility index (Phi) is 31.4. The Morgan fingerprint density at radius 3 is 1.05 bits per heavy atom. The molecule has 10 rings (SSSR count). The molecule has 13 heteroatoms. The molecule has 3 aromatic rings. The first-order valence-corrected chi connectivity index (χ1v) is 38.4. The van der Waals surface area contributed by atoms with E-state index >= 15 is 0 Å². The number of hydrogen-bond donors (Lipinski definition) is 0. The van der Waals surface area contributed by atoms with Gasteiger partial charge in [-0.1, -0.05) is 209 Å². The third kappa shape index (κ3) is 38.2. The fraction of sp³-hybridized carbons (Fsp3) is 0.791. The lowest BCUT2D eigenvalue weighted by Crippen LogP contribution is -2.29. The summed E-state index contributed by atoms with van der Waals surface area (Å²) in [5, 5.41) is 3.86. The van der Waals surface area contributed by atoms with Gasteiger partial charge in [-0.05, 0) is 149 Å². The van der Waals surface area contributed by atoms with Gasteiger partial charge in [-0.2, -0.15) is 4.98 Å². The number of Topliss-reactive ketones (excluding diaryl/α,β-unsaturated/α-hetero) is 7. The van der Waals surface area contributed by atoms with Gasteiger partial charge in [0.15, 0.2) is 5.82 Å². The second-order valence-electron chi connectivity index (χ2n) is 41.2. The minimum atomic E-state index is -0.102. The van der Waals surface area contributed by atoms with E-state index in [1.54, 1.807) is 12.4 Å². The number of pyridine rings is 1. The number of aromatic nitrogens is 5. The Bertz CT molecular complexity index is 2900. The molecule has 0 spiro atoms. The molecule has 3 heterocycles. The molecule has 99 heavy (non-hydrogen) atoms. The first-order chi connectivity index (χ1) is 45.3. The van der Waals surface area contributed by atoms with Crippen molar-refractivity contribution < 1.29 is 38.1 Å². The van der Waals surface area contributed by atoms with Crippen molar-refractivity contribution >= 4 is 40.5 Å². The smallest absolute Gasteiger partial charge is 0.213 e. The van der Waals surface area contributed by atoms with Crippen molar-refractivity contribution in [3.05, 3.63) is 66.6 Å². The summed E-state index contributed by atoms with van der Waals surface area (Å²) >= 11 is 0. The van der Waals surface area contributed by atoms with E-state index in [2.05, 4.69) is 190 Å². The van der Waals surface area contributed by atoms with Gasteiger partial charge < -0.3 is 4.52 Å². The molecule has 0 unspecified atom stereocenters. The predicted molar refractivity (Wildman–Crippen MR) is 403 cm³/mol. The zero-order chi connectivity index (χ0) is 74.7. The topological polar surface area (TPSA) is 197 Å². The molecule has 558 valence electrons. The number of nitrogens with zero attached hydrogens (tertiary/aromatic N) is 5. The third-order valence-corrected chi connectivity index (χ3v) is 19.5. The molecule has 7 aliphatic carbocycles. The zero-order valence-electron chi connectivity index (χ0n) is 67.2. The SMILES string of the molecule is CC(C)(C)CC(=O)CC1(C)CC1.CC(C)(C)CC(=O)CC1(C)CCC1.CC(C)(C)CC(=O)CC1(c2ccccn2)CC1.CC(C)(C)CC(=O)CC1(c2ncccn2)CC1.CC(C)(C)CC(=O)CC1(c2ncon2)CC1.CC(C)(C)CC(=O)CC1CCC1.CC(C)(C)CC(=O)CCC1CC1. The summed E-state index contributed by atoms with van der Waals surface area (Å²) < 4.78 is 4.75. The molecule has 13 nitrogen and oxygen atoms in total. The highest BCUT2D eigenvalue weighted by Crippen LogP contribution is 2.53. The first kappa shape index (κ1) is 86.5. The van der Waals surface area contributed by atoms with E-state index in [9.17, 15) is 33.6 Å². The summed E-state index contributed by atoms with van der Waals surface area (Å²) in [6.45, 7) is 48.9. The summed E-state index contributed by atoms with van der Waals surface area (Å²) in [7, 11) is 0. The minimum absolute atomic E-state index is 0.0381. The Labute approximate surface area is 602 Å². The molecule has 7 saturated carbocycles. The second-order valence-corrected chi connectivity index (χ2v) is 41.2. The second kappa shape index (κ2) is 36.0. The summed E-state index contributed by atoms with van der Waals surface area (Å²) in [6, 6.07) is 7.81. The van der Waals surface area contributed by atoms with Crippen LogP contribution in [0.15, 0.2) is 53.8 Å². The zero-order valence-corrected chi connectivity index (χ0v) is 67.2. The molecular formula is C86H141N5O8. The van der Waals surface area contributed by atoms with E-state index in [0.29, 0.717) is 95.7 Å². The van der Waals surface area contributed by atoms with Crippen LogP contribution in [0, 0.1) is 60.6 Å². The molecule has 3 aromatic heterocycles. The monoisotopic (exact) mass is 1370 g/mol. The van der Waals surface area contributed by atoms with E-state index < -0.39 is 0 Å². The largest absolute Gasteiger partial charge is 0.343 e. The standard InChI is InChI=1S/C15H21NO.C14H20N2O.C12H18N2O2.C12H22O.3C11H20O/c1-14(2,3)10-12(17)11-15(7-8-15)13-6-4-5-9-16-13;1-13(2,3)9-11(17)10-14(5-6-14)12-15-7-4-8-16-12;1-11(2,3)6-9(15)7-12(4-5-12)10-13-8-16-14-10;1-11(2,3)8-10(13)9-12(4)6-5-7-12;1-10(2,3)7-9(12)8-11(4)5-6-11;1-11(2,3)8-10(12)7-6-9-4-5-9;1-11(2,3)8-10(12)7-9-5-4-6-9/h4-6,9H,7-8,10-11H2,1-3H3;4,7-8H,5-6,9-10H2,1-3H3;8H,4-7H2,1-3H3;5-9H2,1-4H3;5-8H2,1-4H3;2*9H,4-8H2,1-3H3. The highest BCUT2D eigenvalue weighted by Gasteiger charge is 2.51. The van der Waals surface area contributed by atoms with Crippen LogP contribution in [0.25, 0.3) is 0 Å².